The van der Waals surface area contributed by atoms with Gasteiger partial charge in [0, 0.05) is 31.2 Å². The molecule has 7 heteroatoms. The van der Waals surface area contributed by atoms with E-state index in [1.165, 1.54) is 4.68 Å². The maximum Gasteiger partial charge on any atom is 0.282 e. The van der Waals surface area contributed by atoms with E-state index in [0.717, 1.165) is 19.4 Å². The van der Waals surface area contributed by atoms with E-state index in [-0.39, 0.29) is 17.6 Å². The zero-order valence-corrected chi connectivity index (χ0v) is 16.9. The summed E-state index contributed by atoms with van der Waals surface area (Å²) in [5.41, 5.74) is 2.22. The number of amides is 1. The summed E-state index contributed by atoms with van der Waals surface area (Å²) in [6.45, 7) is 1.32. The van der Waals surface area contributed by atoms with Crippen molar-refractivity contribution in [2.75, 3.05) is 11.9 Å². The standard InChI is InChI=1S/C24H22N4O3/c29-23(25-17-8-3-1-4-9-17)20-15-27(14-19-12-7-13-31-19)16-21-22(20)26-28(24(21)30)18-10-5-2-6-11-18/h1-6,8-11,15-16,19H,7,12-14H2,(H,25,29). The number of carbonyl (C=O) groups is 1. The first kappa shape index (κ1) is 19.3. The lowest BCUT2D eigenvalue weighted by molar-refractivity contribution is 0.0961. The molecule has 0 radical (unpaired) electrons. The second-order valence-corrected chi connectivity index (χ2v) is 7.64. The van der Waals surface area contributed by atoms with Crippen LogP contribution in [0.25, 0.3) is 16.9 Å². The number of fused-ring (bicyclic) bond motifs is 1. The van der Waals surface area contributed by atoms with Gasteiger partial charge in [-0.1, -0.05) is 36.4 Å². The van der Waals surface area contributed by atoms with Crippen LogP contribution in [0.2, 0.25) is 0 Å². The Kier molecular flexibility index (Phi) is 5.09. The van der Waals surface area contributed by atoms with Gasteiger partial charge in [0.2, 0.25) is 0 Å². The molecule has 1 saturated heterocycles. The zero-order chi connectivity index (χ0) is 21.2. The molecule has 156 valence electrons. The summed E-state index contributed by atoms with van der Waals surface area (Å²) in [5, 5.41) is 7.42. The van der Waals surface area contributed by atoms with Crippen LogP contribution in [0.5, 0.6) is 0 Å². The van der Waals surface area contributed by atoms with E-state index in [2.05, 4.69) is 10.4 Å². The van der Waals surface area contributed by atoms with E-state index in [1.807, 2.05) is 65.2 Å². The second-order valence-electron chi connectivity index (χ2n) is 7.64. The minimum atomic E-state index is -0.310. The number of carbonyl (C=O) groups excluding carboxylic acids is 1. The highest BCUT2D eigenvalue weighted by atomic mass is 16.5. The Morgan fingerprint density at radius 2 is 1.81 bits per heavy atom. The number of pyridine rings is 1. The van der Waals surface area contributed by atoms with Crippen LogP contribution in [0.4, 0.5) is 5.69 Å². The van der Waals surface area contributed by atoms with Crippen LogP contribution < -0.4 is 10.9 Å². The van der Waals surface area contributed by atoms with Gasteiger partial charge in [-0.25, -0.2) is 0 Å². The van der Waals surface area contributed by atoms with Crippen molar-refractivity contribution in [1.82, 2.24) is 14.3 Å². The van der Waals surface area contributed by atoms with Crippen LogP contribution in [-0.2, 0) is 11.3 Å². The van der Waals surface area contributed by atoms with Crippen LogP contribution in [-0.4, -0.2) is 33.0 Å². The summed E-state index contributed by atoms with van der Waals surface area (Å²) < 4.78 is 8.97. The molecular formula is C24H22N4O3. The summed E-state index contributed by atoms with van der Waals surface area (Å²) in [6.07, 6.45) is 5.58. The van der Waals surface area contributed by atoms with Crippen LogP contribution in [0.15, 0.2) is 77.9 Å². The third-order valence-corrected chi connectivity index (χ3v) is 5.44. The number of anilines is 1. The minimum Gasteiger partial charge on any atom is -0.376 e. The molecule has 1 N–H and O–H groups in total. The van der Waals surface area contributed by atoms with Gasteiger partial charge in [0.15, 0.2) is 0 Å². The highest BCUT2D eigenvalue weighted by Crippen LogP contribution is 2.24. The lowest BCUT2D eigenvalue weighted by Crippen LogP contribution is -2.20. The Hall–Kier alpha value is -3.71. The van der Waals surface area contributed by atoms with Crippen molar-refractivity contribution in [3.05, 3.63) is 89.0 Å². The number of benzene rings is 2. The van der Waals surface area contributed by atoms with Gasteiger partial charge in [-0.3, -0.25) is 9.59 Å². The van der Waals surface area contributed by atoms with E-state index in [9.17, 15) is 9.59 Å². The van der Waals surface area contributed by atoms with Gasteiger partial charge in [-0.2, -0.15) is 9.78 Å². The summed E-state index contributed by atoms with van der Waals surface area (Å²) in [4.78, 5) is 26.3. The van der Waals surface area contributed by atoms with Crippen LogP contribution in [0, 0.1) is 0 Å². The number of nitrogens with one attached hydrogen (secondary N) is 1. The normalized spacial score (nSPS) is 15.9. The van der Waals surface area contributed by atoms with E-state index in [4.69, 9.17) is 4.74 Å². The molecule has 31 heavy (non-hydrogen) atoms. The van der Waals surface area contributed by atoms with Crippen molar-refractivity contribution >= 4 is 11.6 Å². The van der Waals surface area contributed by atoms with Crippen molar-refractivity contribution in [2.45, 2.75) is 25.5 Å². The van der Waals surface area contributed by atoms with Crippen molar-refractivity contribution in [3.63, 3.8) is 0 Å². The molecule has 0 aliphatic carbocycles. The monoisotopic (exact) mass is 414 g/mol. The molecule has 5 rings (SSSR count). The third-order valence-electron chi connectivity index (χ3n) is 5.44. The Labute approximate surface area is 179 Å². The molecule has 1 fully saturated rings. The lowest BCUT2D eigenvalue weighted by Gasteiger charge is -2.16. The fraction of sp³-hybridized carbons (Fsp3) is 0.208. The summed E-state index contributed by atoms with van der Waals surface area (Å²) in [7, 11) is 0. The highest BCUT2D eigenvalue weighted by molar-refractivity contribution is 6.08. The summed E-state index contributed by atoms with van der Waals surface area (Å²) in [5.74, 6) is -0.310. The van der Waals surface area contributed by atoms with Gasteiger partial charge in [-0.05, 0) is 37.1 Å². The molecule has 1 atom stereocenters. The predicted octanol–water partition coefficient (Wildman–Crippen LogP) is 3.57. The smallest absolute Gasteiger partial charge is 0.282 e. The van der Waals surface area contributed by atoms with Crippen LogP contribution in [0.1, 0.15) is 23.2 Å². The Morgan fingerprint density at radius 3 is 2.52 bits per heavy atom. The Balaban J connectivity index is 1.60. The number of ether oxygens (including phenoxy) is 1. The Bertz CT molecular complexity index is 1220. The molecule has 2 aromatic rings. The molecular weight excluding hydrogens is 392 g/mol. The topological polar surface area (TPSA) is 78.2 Å². The SMILES string of the molecule is O=C(Nc1ccccc1)c1cn(CC2CCCO2)cc2c(=O)n(-c3ccccc3)nc1-2. The average Bonchev–Trinajstić information content (AvgIpc) is 3.43. The van der Waals surface area contributed by atoms with Crippen molar-refractivity contribution < 1.29 is 9.53 Å². The second kappa shape index (κ2) is 8.20. The number of para-hydroxylation sites is 2. The van der Waals surface area contributed by atoms with E-state index < -0.39 is 0 Å². The number of nitrogens with zero attached hydrogens (tertiary/aromatic N) is 3. The molecule has 7 nitrogen and oxygen atoms in total. The predicted molar refractivity (Wildman–Crippen MR) is 118 cm³/mol. The molecule has 2 aromatic carbocycles. The van der Waals surface area contributed by atoms with Gasteiger partial charge in [0.25, 0.3) is 11.5 Å². The maximum absolute atomic E-state index is 13.2. The highest BCUT2D eigenvalue weighted by Gasteiger charge is 2.25. The average molecular weight is 414 g/mol. The molecule has 3 aliphatic heterocycles. The summed E-state index contributed by atoms with van der Waals surface area (Å²) >= 11 is 0. The first-order valence-electron chi connectivity index (χ1n) is 10.4. The molecule has 1 amide bonds. The summed E-state index contributed by atoms with van der Waals surface area (Å²) in [6, 6.07) is 18.4. The molecule has 1 unspecified atom stereocenters. The van der Waals surface area contributed by atoms with Gasteiger partial charge in [0.1, 0.15) is 5.69 Å². The first-order valence-corrected chi connectivity index (χ1v) is 10.4. The maximum atomic E-state index is 13.2. The number of aromatic nitrogens is 3. The van der Waals surface area contributed by atoms with E-state index in [1.54, 1.807) is 12.4 Å². The van der Waals surface area contributed by atoms with Crippen LogP contribution >= 0.6 is 0 Å². The number of rotatable bonds is 5. The van der Waals surface area contributed by atoms with Gasteiger partial charge in [-0.15, -0.1) is 0 Å². The zero-order valence-electron chi connectivity index (χ0n) is 16.9. The van der Waals surface area contributed by atoms with E-state index >= 15 is 0 Å². The van der Waals surface area contributed by atoms with Gasteiger partial charge in [0.05, 0.1) is 22.9 Å². The molecule has 0 saturated carbocycles. The third kappa shape index (κ3) is 3.87. The van der Waals surface area contributed by atoms with Crippen molar-refractivity contribution in [2.24, 2.45) is 0 Å². The molecule has 3 aliphatic rings. The van der Waals surface area contributed by atoms with Gasteiger partial charge >= 0.3 is 0 Å². The number of hydrogen-bond donors (Lipinski definition) is 1. The lowest BCUT2D eigenvalue weighted by atomic mass is 10.1. The fourth-order valence-corrected chi connectivity index (χ4v) is 3.92. The molecule has 0 aromatic heterocycles. The van der Waals surface area contributed by atoms with Crippen molar-refractivity contribution in [3.8, 4) is 16.9 Å². The number of hydrogen-bond acceptors (Lipinski definition) is 4. The minimum absolute atomic E-state index is 0.0757. The van der Waals surface area contributed by atoms with E-state index in [0.29, 0.717) is 34.7 Å². The molecule has 0 spiro atoms. The van der Waals surface area contributed by atoms with Crippen LogP contribution in [0.3, 0.4) is 0 Å². The molecule has 0 bridgehead atoms. The fourth-order valence-electron chi connectivity index (χ4n) is 3.92. The molecule has 3 heterocycles. The van der Waals surface area contributed by atoms with Gasteiger partial charge < -0.3 is 14.6 Å². The quantitative estimate of drug-likeness (QED) is 0.542. The largest absolute Gasteiger partial charge is 0.376 e. The first-order chi connectivity index (χ1) is 15.2. The van der Waals surface area contributed by atoms with Crippen molar-refractivity contribution in [1.29, 1.82) is 0 Å². The Morgan fingerprint density at radius 1 is 1.06 bits per heavy atom.